The van der Waals surface area contributed by atoms with Gasteiger partial charge in [-0.2, -0.15) is 13.2 Å². The van der Waals surface area contributed by atoms with Crippen molar-refractivity contribution < 1.29 is 17.4 Å². The van der Waals surface area contributed by atoms with E-state index in [0.717, 1.165) is 16.6 Å². The van der Waals surface area contributed by atoms with Crippen molar-refractivity contribution in [2.75, 3.05) is 0 Å². The Balaban J connectivity index is 2.12. The predicted molar refractivity (Wildman–Crippen MR) is 75.7 cm³/mol. The van der Waals surface area contributed by atoms with Crippen molar-refractivity contribution in [3.63, 3.8) is 0 Å². The molecule has 0 bridgehead atoms. The molecule has 0 saturated heterocycles. The van der Waals surface area contributed by atoms with Gasteiger partial charge in [0.25, 0.3) is 0 Å². The summed E-state index contributed by atoms with van der Waals surface area (Å²) in [4.78, 5) is 0.638. The van der Waals surface area contributed by atoms with Crippen LogP contribution in [0.15, 0.2) is 57.9 Å². The molecule has 1 atom stereocenters. The lowest BCUT2D eigenvalue weighted by Gasteiger charge is -2.08. The van der Waals surface area contributed by atoms with Crippen molar-refractivity contribution in [2.24, 2.45) is 0 Å². The minimum absolute atomic E-state index is 0.189. The van der Waals surface area contributed by atoms with Crippen LogP contribution in [0.5, 0.6) is 0 Å². The van der Waals surface area contributed by atoms with Gasteiger partial charge in [0.2, 0.25) is 0 Å². The van der Waals surface area contributed by atoms with Gasteiger partial charge < -0.3 is 0 Å². The molecule has 0 saturated carbocycles. The fourth-order valence-electron chi connectivity index (χ4n) is 1.63. The Morgan fingerprint density at radius 2 is 1.70 bits per heavy atom. The number of rotatable bonds is 3. The summed E-state index contributed by atoms with van der Waals surface area (Å²) in [6.07, 6.45) is -4.35. The maximum Gasteiger partial charge on any atom is 0.416 e. The summed E-state index contributed by atoms with van der Waals surface area (Å²) in [7, 11) is -1.28. The molecule has 20 heavy (non-hydrogen) atoms. The van der Waals surface area contributed by atoms with E-state index in [1.807, 2.05) is 6.07 Å². The second kappa shape index (κ2) is 6.10. The van der Waals surface area contributed by atoms with Crippen molar-refractivity contribution in [3.05, 3.63) is 64.1 Å². The van der Waals surface area contributed by atoms with Crippen molar-refractivity contribution in [3.8, 4) is 0 Å². The normalized spacial score (nSPS) is 13.2. The summed E-state index contributed by atoms with van der Waals surface area (Å²) in [5, 5.41) is 0. The maximum absolute atomic E-state index is 12.4. The Morgan fingerprint density at radius 1 is 1.05 bits per heavy atom. The molecule has 106 valence electrons. The fraction of sp³-hybridized carbons (Fsp3) is 0.143. The van der Waals surface area contributed by atoms with Crippen LogP contribution in [-0.4, -0.2) is 4.21 Å². The van der Waals surface area contributed by atoms with Crippen LogP contribution in [0, 0.1) is 0 Å². The zero-order chi connectivity index (χ0) is 14.8. The second-order valence-corrected chi connectivity index (χ2v) is 6.51. The molecule has 0 heterocycles. The van der Waals surface area contributed by atoms with Gasteiger partial charge in [0.15, 0.2) is 0 Å². The number of halogens is 4. The van der Waals surface area contributed by atoms with Crippen molar-refractivity contribution in [1.29, 1.82) is 0 Å². The third-order valence-corrected chi connectivity index (χ3v) is 4.51. The van der Waals surface area contributed by atoms with Gasteiger partial charge in [-0.25, -0.2) is 0 Å². The predicted octanol–water partition coefficient (Wildman–Crippen LogP) is 4.78. The van der Waals surface area contributed by atoms with E-state index in [9.17, 15) is 17.4 Å². The first-order valence-electron chi connectivity index (χ1n) is 5.66. The van der Waals surface area contributed by atoms with E-state index in [2.05, 4.69) is 15.9 Å². The van der Waals surface area contributed by atoms with E-state index < -0.39 is 22.5 Å². The Hall–Kier alpha value is -1.14. The van der Waals surface area contributed by atoms with Crippen LogP contribution in [0.2, 0.25) is 0 Å². The zero-order valence-electron chi connectivity index (χ0n) is 10.2. The standard InChI is InChI=1S/C14H10BrF3OS/c15-12-2-1-3-13(8-12)20(19)9-10-4-6-11(7-5-10)14(16,17)18/h1-8H,9H2. The number of hydrogen-bond acceptors (Lipinski definition) is 1. The largest absolute Gasteiger partial charge is 0.416 e. The Morgan fingerprint density at radius 3 is 2.25 bits per heavy atom. The molecular formula is C14H10BrF3OS. The van der Waals surface area contributed by atoms with Crippen LogP contribution in [0.25, 0.3) is 0 Å². The average molecular weight is 363 g/mol. The maximum atomic E-state index is 12.4. The highest BCUT2D eigenvalue weighted by atomic mass is 79.9. The number of alkyl halides is 3. The lowest BCUT2D eigenvalue weighted by Crippen LogP contribution is -2.05. The van der Waals surface area contributed by atoms with Gasteiger partial charge in [-0.05, 0) is 35.9 Å². The molecule has 0 aromatic heterocycles. The van der Waals surface area contributed by atoms with E-state index in [1.165, 1.54) is 12.1 Å². The van der Waals surface area contributed by atoms with Crippen LogP contribution >= 0.6 is 15.9 Å². The second-order valence-electron chi connectivity index (χ2n) is 4.14. The molecule has 2 rings (SSSR count). The third kappa shape index (κ3) is 3.93. The minimum Gasteiger partial charge on any atom is -0.254 e. The summed E-state index contributed by atoms with van der Waals surface area (Å²) in [5.74, 6) is 0.189. The first-order chi connectivity index (χ1) is 9.36. The van der Waals surface area contributed by atoms with Gasteiger partial charge in [-0.1, -0.05) is 34.1 Å². The summed E-state index contributed by atoms with van der Waals surface area (Å²) in [6.45, 7) is 0. The van der Waals surface area contributed by atoms with Gasteiger partial charge in [0.05, 0.1) is 22.1 Å². The van der Waals surface area contributed by atoms with E-state index >= 15 is 0 Å². The highest BCUT2D eigenvalue weighted by Gasteiger charge is 2.29. The van der Waals surface area contributed by atoms with Crippen LogP contribution < -0.4 is 0 Å². The molecule has 0 amide bonds. The SMILES string of the molecule is O=S(Cc1ccc(C(F)(F)F)cc1)c1cccc(Br)c1. The van der Waals surface area contributed by atoms with Gasteiger partial charge in [0, 0.05) is 9.37 Å². The zero-order valence-corrected chi connectivity index (χ0v) is 12.6. The van der Waals surface area contributed by atoms with Gasteiger partial charge in [-0.3, -0.25) is 4.21 Å². The summed E-state index contributed by atoms with van der Waals surface area (Å²) >= 11 is 3.29. The molecule has 0 radical (unpaired) electrons. The van der Waals surface area contributed by atoms with Gasteiger partial charge in [0.1, 0.15) is 0 Å². The molecule has 2 aromatic carbocycles. The molecule has 1 unspecified atom stereocenters. The highest BCUT2D eigenvalue weighted by Crippen LogP contribution is 2.29. The van der Waals surface area contributed by atoms with Crippen molar-refractivity contribution in [1.82, 2.24) is 0 Å². The molecule has 6 heteroatoms. The molecular weight excluding hydrogens is 353 g/mol. The summed E-state index contributed by atoms with van der Waals surface area (Å²) in [5.41, 5.74) is -0.0919. The highest BCUT2D eigenvalue weighted by molar-refractivity contribution is 9.10. The van der Waals surface area contributed by atoms with E-state index in [1.54, 1.807) is 18.2 Å². The Labute approximate surface area is 125 Å². The minimum atomic E-state index is -4.35. The molecule has 0 N–H and O–H groups in total. The van der Waals surface area contributed by atoms with Crippen molar-refractivity contribution in [2.45, 2.75) is 16.8 Å². The van der Waals surface area contributed by atoms with Crippen molar-refractivity contribution >= 4 is 26.7 Å². The monoisotopic (exact) mass is 362 g/mol. The first kappa shape index (κ1) is 15.3. The van der Waals surface area contributed by atoms with Crippen LogP contribution in [0.4, 0.5) is 13.2 Å². The summed E-state index contributed by atoms with van der Waals surface area (Å²) < 4.78 is 50.2. The topological polar surface area (TPSA) is 17.1 Å². The molecule has 0 aliphatic carbocycles. The fourth-order valence-corrected chi connectivity index (χ4v) is 3.33. The van der Waals surface area contributed by atoms with Gasteiger partial charge in [-0.15, -0.1) is 0 Å². The molecule has 0 aliphatic rings. The lowest BCUT2D eigenvalue weighted by atomic mass is 10.1. The van der Waals surface area contributed by atoms with Gasteiger partial charge >= 0.3 is 6.18 Å². The number of hydrogen-bond donors (Lipinski definition) is 0. The third-order valence-electron chi connectivity index (χ3n) is 2.64. The van der Waals surface area contributed by atoms with Crippen LogP contribution in [0.3, 0.4) is 0 Å². The number of benzene rings is 2. The van der Waals surface area contributed by atoms with Crippen LogP contribution in [-0.2, 0) is 22.7 Å². The Kier molecular flexibility index (Phi) is 4.65. The van der Waals surface area contributed by atoms with Crippen LogP contribution in [0.1, 0.15) is 11.1 Å². The van der Waals surface area contributed by atoms with E-state index in [-0.39, 0.29) is 5.75 Å². The quantitative estimate of drug-likeness (QED) is 0.768. The smallest absolute Gasteiger partial charge is 0.254 e. The Bertz CT molecular complexity index is 623. The van der Waals surface area contributed by atoms with E-state index in [0.29, 0.717) is 10.5 Å². The summed E-state index contributed by atoms with van der Waals surface area (Å²) in [6, 6.07) is 11.8. The molecule has 2 aromatic rings. The lowest BCUT2D eigenvalue weighted by molar-refractivity contribution is -0.137. The molecule has 0 spiro atoms. The van der Waals surface area contributed by atoms with E-state index in [4.69, 9.17) is 0 Å². The molecule has 1 nitrogen and oxygen atoms in total. The molecule has 0 aliphatic heterocycles. The average Bonchev–Trinajstić information content (AvgIpc) is 2.38. The molecule has 0 fully saturated rings. The first-order valence-corrected chi connectivity index (χ1v) is 7.77.